The Balaban J connectivity index is 0.000000341. The number of carbonyl (C=O) groups excluding carboxylic acids is 5. The van der Waals surface area contributed by atoms with E-state index in [2.05, 4.69) is 79.3 Å². The van der Waals surface area contributed by atoms with Gasteiger partial charge in [-0.25, -0.2) is 39.5 Å². The fourth-order valence-corrected chi connectivity index (χ4v) is 15.6. The Hall–Kier alpha value is -8.32. The number of esters is 1. The van der Waals surface area contributed by atoms with Gasteiger partial charge in [0.15, 0.2) is 75.7 Å². The van der Waals surface area contributed by atoms with Crippen molar-refractivity contribution in [1.29, 1.82) is 0 Å². The van der Waals surface area contributed by atoms with Crippen molar-refractivity contribution in [2.45, 2.75) is 187 Å². The van der Waals surface area contributed by atoms with Crippen LogP contribution in [0.3, 0.4) is 0 Å². The molecule has 3 atom stereocenters. The number of aliphatic hydroxyl groups is 1. The Morgan fingerprint density at radius 1 is 0.471 bits per heavy atom. The van der Waals surface area contributed by atoms with Crippen LogP contribution in [0.15, 0.2) is 199 Å². The maximum Gasteiger partial charge on any atom is 2.00 e. The van der Waals surface area contributed by atoms with Gasteiger partial charge in [-0.2, -0.15) is 18.2 Å². The zero-order chi connectivity index (χ0) is 104. The van der Waals surface area contributed by atoms with Crippen LogP contribution in [0.2, 0.25) is 0 Å². The quantitative estimate of drug-likeness (QED) is 0.0186. The molecule has 750 valence electrons. The molecule has 0 saturated carbocycles. The van der Waals surface area contributed by atoms with E-state index in [1.54, 1.807) is 34.0 Å². The summed E-state index contributed by atoms with van der Waals surface area (Å²) in [6, 6.07) is 39.8. The van der Waals surface area contributed by atoms with E-state index >= 15 is 0 Å². The number of ether oxygens (including phenoxy) is 6. The number of ketones is 2. The van der Waals surface area contributed by atoms with Gasteiger partial charge < -0.3 is 83.0 Å². The second kappa shape index (κ2) is 53.5. The Kier molecular flexibility index (Phi) is 47.4. The molecule has 21 nitrogen and oxygen atoms in total. The van der Waals surface area contributed by atoms with Crippen molar-refractivity contribution in [3.8, 4) is 28.7 Å². The van der Waals surface area contributed by atoms with Gasteiger partial charge in [0.25, 0.3) is 5.56 Å². The summed E-state index contributed by atoms with van der Waals surface area (Å²) in [6.07, 6.45) is 2.02. The number of aryl methyl sites for hydroxylation is 1. The van der Waals surface area contributed by atoms with Crippen molar-refractivity contribution in [3.05, 3.63) is 313 Å². The van der Waals surface area contributed by atoms with Crippen LogP contribution in [0.5, 0.6) is 28.7 Å². The minimum absolute atomic E-state index is 0. The fourth-order valence-electron chi connectivity index (χ4n) is 12.3. The third-order valence-corrected chi connectivity index (χ3v) is 27.0. The summed E-state index contributed by atoms with van der Waals surface area (Å²) in [5.41, 5.74) is 0.203. The van der Waals surface area contributed by atoms with Crippen molar-refractivity contribution in [3.63, 3.8) is 0 Å². The number of carbonyl (C=O) groups is 5. The molecule has 0 aliphatic carbocycles. The molecule has 1 unspecified atom stereocenters. The van der Waals surface area contributed by atoms with Gasteiger partial charge in [0.2, 0.25) is 0 Å². The van der Waals surface area contributed by atoms with Gasteiger partial charge in [0.05, 0.1) is 75.6 Å². The Bertz CT molecular complexity index is 5890. The molecule has 3 aliphatic heterocycles. The van der Waals surface area contributed by atoms with Crippen molar-refractivity contribution in [2.75, 3.05) is 41.3 Å². The van der Waals surface area contributed by atoms with Crippen LogP contribution in [0.4, 0.5) is 39.5 Å². The molecule has 40 heteroatoms. The Morgan fingerprint density at radius 2 is 0.850 bits per heavy atom. The van der Waals surface area contributed by atoms with Crippen molar-refractivity contribution in [1.82, 2.24) is 4.57 Å². The number of nitrogens with zero attached hydrogens (tertiary/aromatic N) is 1. The van der Waals surface area contributed by atoms with Crippen LogP contribution >= 0.6 is 63.7 Å². The number of benzene rings is 9. The first-order valence-corrected chi connectivity index (χ1v) is 46.9. The van der Waals surface area contributed by atoms with Crippen LogP contribution in [-0.2, 0) is 55.3 Å². The van der Waals surface area contributed by atoms with E-state index in [1.807, 2.05) is 104 Å². The largest absolute Gasteiger partial charge is 2.00 e. The summed E-state index contributed by atoms with van der Waals surface area (Å²) in [7, 11) is 5.31. The number of pyridine rings is 1. The normalized spacial score (nSPS) is 15.3. The van der Waals surface area contributed by atoms with Gasteiger partial charge in [-0.1, -0.05) is 28.1 Å². The van der Waals surface area contributed by atoms with Gasteiger partial charge in [-0.15, -0.1) is 12.1 Å². The molecule has 0 amide bonds. The molecule has 3 fully saturated rings. The molecule has 3 saturated heterocycles. The summed E-state index contributed by atoms with van der Waals surface area (Å²) in [5, 5.41) is 10.2. The molecule has 140 heavy (non-hydrogen) atoms. The van der Waals surface area contributed by atoms with Gasteiger partial charge >= 0.3 is 50.2 Å². The van der Waals surface area contributed by atoms with Crippen molar-refractivity contribution >= 4 is 154 Å². The van der Waals surface area contributed by atoms with Crippen LogP contribution in [-0.4, -0.2) is 173 Å². The number of methoxy groups -OCH3 is 5. The SMILES string of the molecule is CC1(C)OB(B2OC(C)(C)C(C)(C)O2)OC1(C)C.COc1cc(C(=O)c2ccc(F)cc2)c(B2OC(C)(C)C(C)(C)O2)cc1F.COc1cc(C(=O)c2ccc(F)cc2)c(Br)cc1F.COc1cc(C(O)c2ccc(F)cc2)c(Br)cc1F.COc1cc(C=O)c(Br)cc1F.COc1cc(C=O)ccc1F.Cn1cc(Br)c([C@H](CC(=O)OC(C)(C)C)C[S@@](=O)C(C)(C)C)cc1=O.Fc1cc[c-]cc1.[Br-].[Mg+2]. The summed E-state index contributed by atoms with van der Waals surface area (Å²) < 4.78 is 198. The molecule has 10 aromatic rings. The van der Waals surface area contributed by atoms with Gasteiger partial charge in [-0.3, -0.25) is 33.0 Å². The first kappa shape index (κ1) is 124. The molecule has 9 aromatic carbocycles. The van der Waals surface area contributed by atoms with Gasteiger partial charge in [-0.05, 0) is 316 Å². The smallest absolute Gasteiger partial charge is 1.00 e. The Morgan fingerprint density at radius 3 is 1.26 bits per heavy atom. The molecular weight excluding hydrogens is 2190 g/mol. The second-order valence-electron chi connectivity index (χ2n) is 36.0. The predicted molar refractivity (Wildman–Crippen MR) is 533 cm³/mol. The third-order valence-electron chi connectivity index (χ3n) is 22.2. The van der Waals surface area contributed by atoms with Gasteiger partial charge in [0, 0.05) is 109 Å². The zero-order valence-electron chi connectivity index (χ0n) is 81.8. The molecule has 0 spiro atoms. The first-order chi connectivity index (χ1) is 64.0. The number of aromatic nitrogens is 1. The predicted octanol–water partition coefficient (Wildman–Crippen LogP) is 19.4. The van der Waals surface area contributed by atoms with Crippen molar-refractivity contribution in [2.24, 2.45) is 7.05 Å². The third kappa shape index (κ3) is 34.7. The van der Waals surface area contributed by atoms with E-state index in [1.165, 1.54) is 204 Å². The minimum Gasteiger partial charge on any atom is -1.00 e. The van der Waals surface area contributed by atoms with E-state index < -0.39 is 106 Å². The monoisotopic (exact) mass is 2300 g/mol. The standard InChI is InChI=1S/C20H21BF2O4.C18H28BrNO4S.C14H11BrF2O2.C14H9BrF2O2.C12H24B2O4.C8H6BrFO2.C8H7FO2.C6H4F.BrH.Mg/c1-19(2)20(3,4)27-21(26-19)15-11-16(23)17(25-5)10-14(15)18(24)12-6-8-13(22)9-7-12;1-17(2,3)24-16(22)8-12(11-25(23)18(4,5)6)13-9-15(21)20(7)10-14(13)19;2*1-19-13-6-10(11(15)7-12(13)17)14(18)8-2-4-9(16)5-3-8;1-9(2)10(3,4)16-13(15-9)14-17-11(5,6)12(7,8)18-14;1-12-8-2-5(4-11)6(9)3-7(8)10;1-11-8-4-6(5-10)2-3-7(8)9;7-6-4-2-1-3-5-6;;/h6-11H,1-5H3;9-10,12H,8,11H2,1-7H3;2-7,14,18H,1H3;2-7H,1H3;1-8H3;2-4H,1H3;2-5H,1H3;2-5H;1H;/q;;;;;;;-1;;+2/p-1/t;12-,25-;;;;;;;;/m.1......../s1. The summed E-state index contributed by atoms with van der Waals surface area (Å²) in [6.45, 7) is 34.8. The molecule has 0 bridgehead atoms. The summed E-state index contributed by atoms with van der Waals surface area (Å²) in [4.78, 5) is 70.2. The molecule has 0 radical (unpaired) electrons. The number of aldehydes is 2. The Labute approximate surface area is 874 Å². The number of rotatable bonds is 20. The maximum absolute atomic E-state index is 14.4. The first-order valence-electron chi connectivity index (χ1n) is 42.4. The van der Waals surface area contributed by atoms with Crippen LogP contribution in [0, 0.1) is 58.4 Å². The van der Waals surface area contributed by atoms with Crippen molar-refractivity contribution < 1.29 is 146 Å². The molecule has 4 heterocycles. The van der Waals surface area contributed by atoms with E-state index in [9.17, 15) is 77.6 Å². The number of aliphatic hydroxyl groups excluding tert-OH is 1. The number of hydrogen-bond acceptors (Lipinski definition) is 20. The average molecular weight is 2310 g/mol. The molecule has 13 rings (SSSR count). The van der Waals surface area contributed by atoms with E-state index in [-0.39, 0.29) is 160 Å². The second-order valence-corrected chi connectivity index (χ2v) is 41.7. The van der Waals surface area contributed by atoms with Crippen LogP contribution in [0.25, 0.3) is 0 Å². The summed E-state index contributed by atoms with van der Waals surface area (Å²) >= 11 is 12.8. The topological polar surface area (TPSA) is 255 Å². The van der Waals surface area contributed by atoms with E-state index in [0.717, 1.165) is 6.07 Å². The van der Waals surface area contributed by atoms with E-state index in [4.69, 9.17) is 46.9 Å². The molecule has 1 N–H and O–H groups in total. The average Bonchev–Trinajstić information content (AvgIpc) is 1.59. The minimum atomic E-state index is -1.17. The maximum atomic E-state index is 14.4. The van der Waals surface area contributed by atoms with Crippen LogP contribution in [0.1, 0.15) is 212 Å². The van der Waals surface area contributed by atoms with E-state index in [0.29, 0.717) is 63.8 Å². The summed E-state index contributed by atoms with van der Waals surface area (Å²) in [5.74, 6) is -5.21. The van der Waals surface area contributed by atoms with Gasteiger partial charge in [0.1, 0.15) is 35.4 Å². The molecule has 1 aromatic heterocycles. The molecular formula is C100H110B3Br5F9MgNO20S. The molecule has 3 aliphatic rings. The number of hydrogen-bond donors (Lipinski definition) is 1. The number of halogens is 14. The fraction of sp³-hybridized carbons (Fsp3) is 0.360. The van der Waals surface area contributed by atoms with Crippen LogP contribution < -0.4 is 51.7 Å². The zero-order valence-corrected chi connectivity index (χ0v) is 91.9.